The minimum Gasteiger partial charge on any atom is -0.508 e. The second-order valence-corrected chi connectivity index (χ2v) is 13.7. The quantitative estimate of drug-likeness (QED) is 0.193. The number of aliphatic hydroxyl groups excluding tert-OH is 2. The predicted molar refractivity (Wildman–Crippen MR) is 164 cm³/mol. The maximum atomic E-state index is 12.7. The molecule has 4 aliphatic carbocycles. The Bertz CT molecular complexity index is 1360. The van der Waals surface area contributed by atoms with Crippen molar-refractivity contribution in [1.29, 1.82) is 0 Å². The lowest BCUT2D eigenvalue weighted by molar-refractivity contribution is -0.181. The number of hydrogen-bond acceptors (Lipinski definition) is 10. The molecule has 11 nitrogen and oxygen atoms in total. The zero-order valence-corrected chi connectivity index (χ0v) is 26.3. The first-order valence-electron chi connectivity index (χ1n) is 16.0. The third kappa shape index (κ3) is 6.02. The van der Waals surface area contributed by atoms with Crippen LogP contribution in [0.2, 0.25) is 0 Å². The molecule has 246 valence electrons. The second-order valence-electron chi connectivity index (χ2n) is 13.7. The van der Waals surface area contributed by atoms with E-state index in [0.29, 0.717) is 31.4 Å². The monoisotopic (exact) mass is 626 g/mol. The van der Waals surface area contributed by atoms with E-state index in [1.54, 1.807) is 19.1 Å². The van der Waals surface area contributed by atoms with Crippen molar-refractivity contribution in [3.05, 3.63) is 41.5 Å². The molecule has 1 aromatic rings. The number of rotatable bonds is 10. The molecule has 5 rings (SSSR count). The molecule has 3 saturated carbocycles. The van der Waals surface area contributed by atoms with Gasteiger partial charge in [-0.2, -0.15) is 0 Å². The van der Waals surface area contributed by atoms with Gasteiger partial charge < -0.3 is 35.3 Å². The van der Waals surface area contributed by atoms with Crippen LogP contribution in [0.15, 0.2) is 41.1 Å². The Kier molecular flexibility index (Phi) is 9.45. The molecule has 1 aromatic carbocycles. The van der Waals surface area contributed by atoms with E-state index in [1.807, 2.05) is 13.0 Å². The van der Waals surface area contributed by atoms with E-state index < -0.39 is 47.4 Å². The topological polar surface area (TPSA) is 175 Å². The van der Waals surface area contributed by atoms with E-state index in [4.69, 9.17) is 9.57 Å². The number of phenols is 1. The van der Waals surface area contributed by atoms with Crippen molar-refractivity contribution in [2.24, 2.45) is 33.7 Å². The van der Waals surface area contributed by atoms with Crippen LogP contribution in [0.5, 0.6) is 5.75 Å². The fourth-order valence-electron chi connectivity index (χ4n) is 9.08. The largest absolute Gasteiger partial charge is 0.508 e. The van der Waals surface area contributed by atoms with Crippen LogP contribution in [0.25, 0.3) is 0 Å². The number of oxime groups is 1. The number of amides is 1. The number of phenolic OH excluding ortho intramolecular Hbond substituents is 1. The summed E-state index contributed by atoms with van der Waals surface area (Å²) in [6.45, 7) is 4.87. The van der Waals surface area contributed by atoms with Crippen molar-refractivity contribution in [3.63, 3.8) is 0 Å². The van der Waals surface area contributed by atoms with Crippen molar-refractivity contribution >= 4 is 23.4 Å². The molecule has 11 heteroatoms. The predicted octanol–water partition coefficient (Wildman–Crippen LogP) is 2.58. The highest BCUT2D eigenvalue weighted by molar-refractivity contribution is 5.96. The number of allylic oxidation sites excluding steroid dienone is 2. The molecule has 3 fully saturated rings. The summed E-state index contributed by atoms with van der Waals surface area (Å²) >= 11 is 0. The van der Waals surface area contributed by atoms with E-state index in [9.17, 15) is 34.8 Å². The Balaban J connectivity index is 1.23. The Morgan fingerprint density at radius 3 is 2.53 bits per heavy atom. The molecule has 5 N–H and O–H groups in total. The number of nitrogens with zero attached hydrogens (tertiary/aromatic N) is 1. The van der Waals surface area contributed by atoms with Gasteiger partial charge in [-0.15, -0.1) is 0 Å². The Hall–Kier alpha value is -3.28. The molecular formula is C34H46N2O9. The first-order chi connectivity index (χ1) is 21.4. The minimum absolute atomic E-state index is 0.0243. The van der Waals surface area contributed by atoms with Crippen molar-refractivity contribution in [2.75, 3.05) is 19.8 Å². The molecule has 1 amide bonds. The lowest BCUT2D eigenvalue weighted by Crippen LogP contribution is -2.62. The van der Waals surface area contributed by atoms with Crippen LogP contribution in [0.4, 0.5) is 0 Å². The van der Waals surface area contributed by atoms with E-state index in [-0.39, 0.29) is 48.6 Å². The number of ether oxygens (including phenoxy) is 1. The number of ketones is 1. The Morgan fingerprint density at radius 1 is 1.11 bits per heavy atom. The van der Waals surface area contributed by atoms with E-state index in [1.165, 1.54) is 17.7 Å². The second kappa shape index (κ2) is 12.8. The summed E-state index contributed by atoms with van der Waals surface area (Å²) in [5.41, 5.74) is -0.0411. The molecule has 0 heterocycles. The molecule has 0 radical (unpaired) electrons. The van der Waals surface area contributed by atoms with Gasteiger partial charge in [0.1, 0.15) is 24.0 Å². The van der Waals surface area contributed by atoms with Crippen LogP contribution in [0.3, 0.4) is 0 Å². The highest BCUT2D eigenvalue weighted by atomic mass is 16.6. The molecule has 4 aliphatic rings. The summed E-state index contributed by atoms with van der Waals surface area (Å²) in [4.78, 5) is 43.3. The highest BCUT2D eigenvalue weighted by Crippen LogP contribution is 2.67. The average molecular weight is 627 g/mol. The van der Waals surface area contributed by atoms with E-state index in [0.717, 1.165) is 24.8 Å². The van der Waals surface area contributed by atoms with Crippen LogP contribution in [-0.4, -0.2) is 81.4 Å². The van der Waals surface area contributed by atoms with Crippen molar-refractivity contribution in [3.8, 4) is 5.75 Å². The fourth-order valence-corrected chi connectivity index (χ4v) is 9.08. The zero-order valence-electron chi connectivity index (χ0n) is 26.3. The standard InChI is InChI=1S/C34H46N2O9/c1-4-44-31(42)26(15-20-5-8-23(38)9-6-20)35-29(41)19-45-36-22-11-13-32(2)21(16-22)7-10-24-25-12-14-34(43,28(40)18-37)33(25,3)17-27(39)30(24)32/h5-6,8-9,16,24-27,30,37-39,43H,4,7,10-15,17-19H2,1-3H3,(H,35,41)/b36-22-/t24-,25-,26+,27-,30+,32-,33-,34-/m0/s1. The summed E-state index contributed by atoms with van der Waals surface area (Å²) in [6, 6.07) is 5.44. The molecule has 0 spiro atoms. The molecule has 8 atom stereocenters. The van der Waals surface area contributed by atoms with Gasteiger partial charge in [0, 0.05) is 11.8 Å². The first-order valence-corrected chi connectivity index (χ1v) is 16.0. The Labute approximate surface area is 263 Å². The summed E-state index contributed by atoms with van der Waals surface area (Å²) in [5, 5.41) is 49.0. The van der Waals surface area contributed by atoms with Crippen molar-refractivity contribution < 1.29 is 44.4 Å². The SMILES string of the molecule is CCOC(=O)[C@@H](Cc1ccc(O)cc1)NC(=O)CO/N=C1\C=C2CC[C@@H]3[C@H]([C@@H](O)C[C@@]4(C)[C@H]3CC[C@]4(O)C(=O)CO)[C@@]2(C)CC1. The third-order valence-corrected chi connectivity index (χ3v) is 11.3. The maximum absolute atomic E-state index is 12.7. The highest BCUT2D eigenvalue weighted by Gasteiger charge is 2.68. The third-order valence-electron chi connectivity index (χ3n) is 11.3. The van der Waals surface area contributed by atoms with Gasteiger partial charge in [-0.3, -0.25) is 9.59 Å². The lowest BCUT2D eigenvalue weighted by Gasteiger charge is -2.60. The van der Waals surface area contributed by atoms with Gasteiger partial charge in [0.05, 0.1) is 18.4 Å². The van der Waals surface area contributed by atoms with E-state index in [2.05, 4.69) is 17.4 Å². The summed E-state index contributed by atoms with van der Waals surface area (Å²) in [5.74, 6) is -1.34. The number of benzene rings is 1. The average Bonchev–Trinajstić information content (AvgIpc) is 3.28. The summed E-state index contributed by atoms with van der Waals surface area (Å²) < 4.78 is 5.13. The number of carbonyl (C=O) groups is 3. The normalized spacial score (nSPS) is 35.3. The molecule has 0 unspecified atom stereocenters. The lowest BCUT2D eigenvalue weighted by atomic mass is 9.45. The fraction of sp³-hybridized carbons (Fsp3) is 0.647. The maximum Gasteiger partial charge on any atom is 0.328 e. The number of aliphatic hydroxyl groups is 3. The van der Waals surface area contributed by atoms with Crippen LogP contribution in [-0.2, 0) is 30.4 Å². The number of nitrogens with one attached hydrogen (secondary N) is 1. The number of hydrogen-bond donors (Lipinski definition) is 5. The van der Waals surface area contributed by atoms with Gasteiger partial charge in [0.15, 0.2) is 12.4 Å². The number of aromatic hydroxyl groups is 1. The van der Waals surface area contributed by atoms with Crippen LogP contribution in [0.1, 0.15) is 71.3 Å². The summed E-state index contributed by atoms with van der Waals surface area (Å²) in [6.07, 6.45) is 5.76. The summed E-state index contributed by atoms with van der Waals surface area (Å²) in [7, 11) is 0. The minimum atomic E-state index is -1.62. The number of Topliss-reactive ketones (excluding diaryl/α,β-unsaturated/α-hetero) is 1. The number of esters is 1. The van der Waals surface area contributed by atoms with Gasteiger partial charge in [0.2, 0.25) is 0 Å². The van der Waals surface area contributed by atoms with Gasteiger partial charge >= 0.3 is 5.97 Å². The smallest absolute Gasteiger partial charge is 0.328 e. The van der Waals surface area contributed by atoms with Gasteiger partial charge in [-0.25, -0.2) is 4.79 Å². The molecule has 0 bridgehead atoms. The van der Waals surface area contributed by atoms with Crippen molar-refractivity contribution in [2.45, 2.75) is 89.9 Å². The van der Waals surface area contributed by atoms with Gasteiger partial charge in [-0.1, -0.05) is 36.7 Å². The van der Waals surface area contributed by atoms with Crippen LogP contribution >= 0.6 is 0 Å². The Morgan fingerprint density at radius 2 is 1.84 bits per heavy atom. The number of fused-ring (bicyclic) bond motifs is 5. The molecule has 0 saturated heterocycles. The zero-order chi connectivity index (χ0) is 32.6. The van der Waals surface area contributed by atoms with E-state index >= 15 is 0 Å². The van der Waals surface area contributed by atoms with Gasteiger partial charge in [0.25, 0.3) is 5.91 Å². The number of carbonyl (C=O) groups excluding carboxylic acids is 3. The first kappa shape index (κ1) is 33.1. The molecule has 45 heavy (non-hydrogen) atoms. The molecular weight excluding hydrogens is 580 g/mol. The molecule has 0 aromatic heterocycles. The van der Waals surface area contributed by atoms with Crippen LogP contribution in [0, 0.1) is 28.6 Å². The van der Waals surface area contributed by atoms with Gasteiger partial charge in [-0.05, 0) is 98.8 Å². The van der Waals surface area contributed by atoms with Crippen molar-refractivity contribution in [1.82, 2.24) is 5.32 Å². The molecule has 0 aliphatic heterocycles. The van der Waals surface area contributed by atoms with Crippen LogP contribution < -0.4 is 5.32 Å².